The lowest BCUT2D eigenvalue weighted by Gasteiger charge is -2.37. The van der Waals surface area contributed by atoms with Crippen LogP contribution in [-0.2, 0) is 9.84 Å². The maximum Gasteiger partial charge on any atom is 0.265 e. The quantitative estimate of drug-likeness (QED) is 0.698. The second-order valence-corrected chi connectivity index (χ2v) is 11.0. The smallest absolute Gasteiger partial charge is 0.265 e. The third-order valence-electron chi connectivity index (χ3n) is 5.73. The molecule has 1 atom stereocenters. The van der Waals surface area contributed by atoms with E-state index in [1.807, 2.05) is 43.0 Å². The zero-order valence-electron chi connectivity index (χ0n) is 17.3. The molecule has 1 aromatic heterocycles. The third-order valence-corrected chi connectivity index (χ3v) is 8.67. The molecule has 0 N–H and O–H groups in total. The van der Waals surface area contributed by atoms with Crippen molar-refractivity contribution in [2.24, 2.45) is 0 Å². The lowest BCUT2D eigenvalue weighted by molar-refractivity contribution is 0.0591. The summed E-state index contributed by atoms with van der Waals surface area (Å²) in [7, 11) is -2.89. The molecule has 1 amide bonds. The molecule has 2 fully saturated rings. The van der Waals surface area contributed by atoms with E-state index in [2.05, 4.69) is 9.88 Å². The minimum atomic E-state index is -2.89. The summed E-state index contributed by atoms with van der Waals surface area (Å²) in [5.74, 6) is 1.37. The van der Waals surface area contributed by atoms with E-state index in [9.17, 15) is 13.2 Å². The van der Waals surface area contributed by atoms with Crippen molar-refractivity contribution in [1.29, 1.82) is 0 Å². The van der Waals surface area contributed by atoms with Gasteiger partial charge in [0.1, 0.15) is 15.6 Å². The molecule has 30 heavy (non-hydrogen) atoms. The standard InChI is InChI=1S/C21H27N3O4S2/c1-3-28-18-6-4-16(5-7-18)20-22-15(2)19(29-20)21(25)24-11-9-23(10-12-24)17-8-13-30(26,27)14-17/h4-7,17H,3,8-14H2,1-2H3. The Bertz CT molecular complexity index is 1010. The van der Waals surface area contributed by atoms with Gasteiger partial charge in [-0.3, -0.25) is 9.69 Å². The molecule has 0 spiro atoms. The molecular formula is C21H27N3O4S2. The second kappa shape index (κ2) is 8.64. The highest BCUT2D eigenvalue weighted by Gasteiger charge is 2.35. The van der Waals surface area contributed by atoms with Gasteiger partial charge in [0.2, 0.25) is 0 Å². The van der Waals surface area contributed by atoms with Crippen LogP contribution in [0.1, 0.15) is 28.7 Å². The number of thiazole rings is 1. The van der Waals surface area contributed by atoms with Crippen molar-refractivity contribution in [3.8, 4) is 16.3 Å². The molecule has 7 nitrogen and oxygen atoms in total. The number of amides is 1. The zero-order valence-corrected chi connectivity index (χ0v) is 19.0. The molecule has 2 aromatic rings. The first-order valence-electron chi connectivity index (χ1n) is 10.3. The topological polar surface area (TPSA) is 79.8 Å². The number of sulfone groups is 1. The normalized spacial score (nSPS) is 21.7. The van der Waals surface area contributed by atoms with Crippen LogP contribution < -0.4 is 4.74 Å². The van der Waals surface area contributed by atoms with E-state index in [0.717, 1.165) is 35.1 Å². The molecule has 2 saturated heterocycles. The highest BCUT2D eigenvalue weighted by Crippen LogP contribution is 2.30. The molecule has 1 aromatic carbocycles. The van der Waals surface area contributed by atoms with E-state index in [0.29, 0.717) is 31.0 Å². The number of benzene rings is 1. The summed E-state index contributed by atoms with van der Waals surface area (Å²) in [4.78, 5) is 22.5. The maximum absolute atomic E-state index is 13.1. The van der Waals surface area contributed by atoms with E-state index in [1.54, 1.807) is 0 Å². The first-order chi connectivity index (χ1) is 14.4. The lowest BCUT2D eigenvalue weighted by Crippen LogP contribution is -2.52. The molecule has 3 heterocycles. The predicted octanol–water partition coefficient (Wildman–Crippen LogP) is 2.46. The van der Waals surface area contributed by atoms with Crippen molar-refractivity contribution >= 4 is 27.1 Å². The minimum absolute atomic E-state index is 0.0147. The number of aromatic nitrogens is 1. The summed E-state index contributed by atoms with van der Waals surface area (Å²) >= 11 is 1.42. The van der Waals surface area contributed by atoms with E-state index in [4.69, 9.17) is 4.74 Å². The predicted molar refractivity (Wildman–Crippen MR) is 118 cm³/mol. The van der Waals surface area contributed by atoms with Crippen molar-refractivity contribution < 1.29 is 17.9 Å². The van der Waals surface area contributed by atoms with Gasteiger partial charge in [-0.15, -0.1) is 11.3 Å². The molecule has 162 valence electrons. The first-order valence-corrected chi connectivity index (χ1v) is 12.9. The van der Waals surface area contributed by atoms with Gasteiger partial charge < -0.3 is 9.64 Å². The van der Waals surface area contributed by atoms with Crippen LogP contribution in [0.2, 0.25) is 0 Å². The Labute approximate surface area is 181 Å². The van der Waals surface area contributed by atoms with Gasteiger partial charge in [0.25, 0.3) is 5.91 Å². The summed E-state index contributed by atoms with van der Waals surface area (Å²) in [6.45, 7) is 7.12. The number of carbonyl (C=O) groups excluding carboxylic acids is 1. The van der Waals surface area contributed by atoms with Gasteiger partial charge in [0.15, 0.2) is 9.84 Å². The van der Waals surface area contributed by atoms with Crippen LogP contribution in [0.25, 0.3) is 10.6 Å². The molecular weight excluding hydrogens is 422 g/mol. The van der Waals surface area contributed by atoms with Crippen molar-refractivity contribution in [2.75, 3.05) is 44.3 Å². The molecule has 4 rings (SSSR count). The highest BCUT2D eigenvalue weighted by atomic mass is 32.2. The monoisotopic (exact) mass is 449 g/mol. The lowest BCUT2D eigenvalue weighted by atomic mass is 10.2. The van der Waals surface area contributed by atoms with Crippen LogP contribution in [0.3, 0.4) is 0 Å². The Morgan fingerprint density at radius 1 is 1.20 bits per heavy atom. The molecule has 9 heteroatoms. The number of hydrogen-bond acceptors (Lipinski definition) is 7. The Morgan fingerprint density at radius 3 is 2.50 bits per heavy atom. The largest absolute Gasteiger partial charge is 0.494 e. The minimum Gasteiger partial charge on any atom is -0.494 e. The summed E-state index contributed by atoms with van der Waals surface area (Å²) in [6, 6.07) is 7.86. The van der Waals surface area contributed by atoms with Crippen molar-refractivity contribution in [3.63, 3.8) is 0 Å². The number of carbonyl (C=O) groups is 1. The summed E-state index contributed by atoms with van der Waals surface area (Å²) < 4.78 is 29.0. The van der Waals surface area contributed by atoms with Crippen LogP contribution in [0.5, 0.6) is 5.75 Å². The SMILES string of the molecule is CCOc1ccc(-c2nc(C)c(C(=O)N3CCN(C4CCS(=O)(=O)C4)CC3)s2)cc1. The molecule has 0 radical (unpaired) electrons. The van der Waals surface area contributed by atoms with E-state index in [-0.39, 0.29) is 23.5 Å². The number of rotatable bonds is 5. The van der Waals surface area contributed by atoms with Crippen molar-refractivity contribution in [1.82, 2.24) is 14.8 Å². The van der Waals surface area contributed by atoms with E-state index < -0.39 is 9.84 Å². The Morgan fingerprint density at radius 2 is 1.90 bits per heavy atom. The summed E-state index contributed by atoms with van der Waals surface area (Å²) in [5.41, 5.74) is 1.72. The van der Waals surface area contributed by atoms with Gasteiger partial charge in [-0.2, -0.15) is 0 Å². The molecule has 0 bridgehead atoms. The third kappa shape index (κ3) is 4.53. The van der Waals surface area contributed by atoms with Crippen LogP contribution in [-0.4, -0.2) is 79.4 Å². The van der Waals surface area contributed by atoms with Gasteiger partial charge in [0, 0.05) is 37.8 Å². The zero-order chi connectivity index (χ0) is 21.3. The van der Waals surface area contributed by atoms with Crippen molar-refractivity contribution in [2.45, 2.75) is 26.3 Å². The van der Waals surface area contributed by atoms with Gasteiger partial charge in [-0.25, -0.2) is 13.4 Å². The van der Waals surface area contributed by atoms with Crippen molar-refractivity contribution in [3.05, 3.63) is 34.8 Å². The number of nitrogens with zero attached hydrogens (tertiary/aromatic N) is 3. The molecule has 2 aliphatic rings. The molecule has 0 saturated carbocycles. The van der Waals surface area contributed by atoms with Gasteiger partial charge in [-0.05, 0) is 44.5 Å². The summed E-state index contributed by atoms with van der Waals surface area (Å²) in [5, 5.41) is 0.827. The fraction of sp³-hybridized carbons (Fsp3) is 0.524. The Balaban J connectivity index is 1.41. The number of aryl methyl sites for hydroxylation is 1. The van der Waals surface area contributed by atoms with Crippen LogP contribution in [0.15, 0.2) is 24.3 Å². The first kappa shape index (κ1) is 21.3. The number of hydrogen-bond donors (Lipinski definition) is 0. The number of piperazine rings is 1. The maximum atomic E-state index is 13.1. The number of ether oxygens (including phenoxy) is 1. The molecule has 2 aliphatic heterocycles. The molecule has 0 aliphatic carbocycles. The van der Waals surface area contributed by atoms with Gasteiger partial charge >= 0.3 is 0 Å². The van der Waals surface area contributed by atoms with Crippen LogP contribution in [0.4, 0.5) is 0 Å². The second-order valence-electron chi connectivity index (χ2n) is 7.78. The van der Waals surface area contributed by atoms with E-state index >= 15 is 0 Å². The summed E-state index contributed by atoms with van der Waals surface area (Å²) in [6.07, 6.45) is 0.704. The van der Waals surface area contributed by atoms with Crippen LogP contribution in [0, 0.1) is 6.92 Å². The van der Waals surface area contributed by atoms with E-state index in [1.165, 1.54) is 11.3 Å². The fourth-order valence-electron chi connectivity index (χ4n) is 4.08. The fourth-order valence-corrected chi connectivity index (χ4v) is 6.88. The van der Waals surface area contributed by atoms with Crippen LogP contribution >= 0.6 is 11.3 Å². The average Bonchev–Trinajstić information content (AvgIpc) is 3.30. The Hall–Kier alpha value is -1.97. The van der Waals surface area contributed by atoms with Gasteiger partial charge in [-0.1, -0.05) is 0 Å². The van der Waals surface area contributed by atoms with Gasteiger partial charge in [0.05, 0.1) is 23.8 Å². The molecule has 1 unspecified atom stereocenters. The average molecular weight is 450 g/mol. The Kier molecular flexibility index (Phi) is 6.13. The highest BCUT2D eigenvalue weighted by molar-refractivity contribution is 7.91.